The smallest absolute Gasteiger partial charge is 0.267 e. The number of aromatic nitrogens is 2. The largest absolute Gasteiger partial charge is 0.285 e. The molecule has 1 N–H and O–H groups in total. The van der Waals surface area contributed by atoms with Crippen LogP contribution in [0.5, 0.6) is 0 Å². The Morgan fingerprint density at radius 3 is 2.44 bits per heavy atom. The average molecular weight is 596 g/mol. The zero-order chi connectivity index (χ0) is 25.2. The van der Waals surface area contributed by atoms with Crippen LogP contribution in [0.3, 0.4) is 0 Å². The zero-order valence-electron chi connectivity index (χ0n) is 18.4. The molecule has 5 rings (SSSR count). The third-order valence-corrected chi connectivity index (χ3v) is 7.45. The van der Waals surface area contributed by atoms with Crippen molar-refractivity contribution >= 4 is 73.7 Å². The molecule has 1 fully saturated rings. The molecule has 1 aliphatic heterocycles. The maximum Gasteiger partial charge on any atom is 0.285 e. The molecule has 1 saturated heterocycles. The van der Waals surface area contributed by atoms with E-state index in [-0.39, 0.29) is 14.9 Å². The molecular weight excluding hydrogens is 580 g/mol. The van der Waals surface area contributed by atoms with E-state index in [2.05, 4.69) is 21.4 Å². The number of hydrazine groups is 1. The Morgan fingerprint density at radius 1 is 1.03 bits per heavy atom. The monoisotopic (exact) mass is 594 g/mol. The van der Waals surface area contributed by atoms with Gasteiger partial charge in [0, 0.05) is 21.8 Å². The second kappa shape index (κ2) is 10.4. The van der Waals surface area contributed by atoms with Crippen molar-refractivity contribution in [2.75, 3.05) is 0 Å². The molecule has 0 unspecified atom stereocenters. The predicted octanol–water partition coefficient (Wildman–Crippen LogP) is 6.50. The number of thiocarbonyl (C=S) groups is 1. The lowest BCUT2D eigenvalue weighted by atomic mass is 10.1. The molecule has 6 nitrogen and oxygen atoms in total. The van der Waals surface area contributed by atoms with Crippen LogP contribution in [-0.2, 0) is 4.79 Å². The molecule has 0 bridgehead atoms. The summed E-state index contributed by atoms with van der Waals surface area (Å²) in [6.07, 6.45) is 3.60. The van der Waals surface area contributed by atoms with Gasteiger partial charge >= 0.3 is 0 Å². The molecule has 0 atom stereocenters. The molecule has 2 heterocycles. The van der Waals surface area contributed by atoms with Crippen molar-refractivity contribution < 1.29 is 9.59 Å². The third-order valence-electron chi connectivity index (χ3n) is 5.29. The molecule has 4 aromatic rings. The summed E-state index contributed by atoms with van der Waals surface area (Å²) in [5.74, 6) is -0.954. The Morgan fingerprint density at radius 2 is 1.72 bits per heavy atom. The standard InChI is InChI=1S/C26H16BrClN4O2S2/c27-18-12-10-16(11-13-18)23-17(15-31(29-23)19-6-2-1-3-7-19)14-22-25(34)32(26(35)36-22)30-24(33)20-8-4-5-9-21(20)28/h1-15H,(H,30,33). The van der Waals surface area contributed by atoms with Crippen molar-refractivity contribution in [3.8, 4) is 16.9 Å². The Labute approximate surface area is 230 Å². The van der Waals surface area contributed by atoms with Crippen LogP contribution in [0.15, 0.2) is 94.4 Å². The van der Waals surface area contributed by atoms with Crippen molar-refractivity contribution in [1.29, 1.82) is 0 Å². The Hall–Kier alpha value is -3.24. The van der Waals surface area contributed by atoms with Gasteiger partial charge in [0.05, 0.1) is 26.9 Å². The quantitative estimate of drug-likeness (QED) is 0.211. The summed E-state index contributed by atoms with van der Waals surface area (Å²) in [4.78, 5) is 26.3. The lowest BCUT2D eigenvalue weighted by Crippen LogP contribution is -2.44. The molecular formula is C26H16BrClN4O2S2. The minimum Gasteiger partial charge on any atom is -0.267 e. The first kappa shape index (κ1) is 24.5. The van der Waals surface area contributed by atoms with Crippen LogP contribution < -0.4 is 5.43 Å². The maximum absolute atomic E-state index is 13.2. The summed E-state index contributed by atoms with van der Waals surface area (Å²) in [6.45, 7) is 0. The summed E-state index contributed by atoms with van der Waals surface area (Å²) in [5, 5.41) is 6.14. The molecule has 0 saturated carbocycles. The van der Waals surface area contributed by atoms with Crippen LogP contribution in [0.1, 0.15) is 15.9 Å². The second-order valence-electron chi connectivity index (χ2n) is 7.66. The normalized spacial score (nSPS) is 14.5. The maximum atomic E-state index is 13.2. The first-order valence-corrected chi connectivity index (χ1v) is 13.0. The van der Waals surface area contributed by atoms with Gasteiger partial charge in [-0.15, -0.1) is 0 Å². The number of hydrogen-bond donors (Lipinski definition) is 1. The number of nitrogens with zero attached hydrogens (tertiary/aromatic N) is 3. The molecule has 36 heavy (non-hydrogen) atoms. The number of rotatable bonds is 5. The molecule has 0 radical (unpaired) electrons. The highest BCUT2D eigenvalue weighted by Crippen LogP contribution is 2.34. The van der Waals surface area contributed by atoms with Gasteiger partial charge in [0.1, 0.15) is 0 Å². The number of carbonyl (C=O) groups is 2. The third kappa shape index (κ3) is 5.01. The van der Waals surface area contributed by atoms with Crippen molar-refractivity contribution in [2.24, 2.45) is 0 Å². The van der Waals surface area contributed by atoms with Crippen molar-refractivity contribution in [3.63, 3.8) is 0 Å². The van der Waals surface area contributed by atoms with Gasteiger partial charge in [-0.05, 0) is 54.7 Å². The summed E-state index contributed by atoms with van der Waals surface area (Å²) >= 11 is 16.1. The minimum absolute atomic E-state index is 0.215. The Bertz CT molecular complexity index is 1520. The number of benzene rings is 3. The van der Waals surface area contributed by atoms with Gasteiger partial charge in [0.25, 0.3) is 11.8 Å². The summed E-state index contributed by atoms with van der Waals surface area (Å²) in [5.41, 5.74) is 6.03. The Balaban J connectivity index is 1.48. The first-order chi connectivity index (χ1) is 17.4. The van der Waals surface area contributed by atoms with E-state index < -0.39 is 11.8 Å². The average Bonchev–Trinajstić information content (AvgIpc) is 3.42. The van der Waals surface area contributed by atoms with Crippen LogP contribution in [0.25, 0.3) is 23.0 Å². The summed E-state index contributed by atoms with van der Waals surface area (Å²) in [7, 11) is 0. The van der Waals surface area contributed by atoms with Gasteiger partial charge in [0.2, 0.25) is 0 Å². The highest BCUT2D eigenvalue weighted by atomic mass is 79.9. The zero-order valence-corrected chi connectivity index (χ0v) is 22.4. The van der Waals surface area contributed by atoms with E-state index in [1.165, 1.54) is 0 Å². The molecule has 1 aliphatic rings. The minimum atomic E-state index is -0.523. The van der Waals surface area contributed by atoms with E-state index in [1.54, 1.807) is 35.0 Å². The van der Waals surface area contributed by atoms with Crippen LogP contribution >= 0.6 is 51.5 Å². The number of hydrogen-bond acceptors (Lipinski definition) is 5. The molecule has 2 amide bonds. The van der Waals surface area contributed by atoms with Gasteiger partial charge < -0.3 is 0 Å². The molecule has 178 valence electrons. The van der Waals surface area contributed by atoms with Crippen LogP contribution in [0, 0.1) is 0 Å². The fourth-order valence-electron chi connectivity index (χ4n) is 3.55. The molecule has 1 aromatic heterocycles. The predicted molar refractivity (Wildman–Crippen MR) is 151 cm³/mol. The van der Waals surface area contributed by atoms with Crippen LogP contribution in [0.4, 0.5) is 0 Å². The van der Waals surface area contributed by atoms with Gasteiger partial charge in [-0.2, -0.15) is 10.1 Å². The van der Waals surface area contributed by atoms with Gasteiger partial charge in [-0.1, -0.05) is 81.8 Å². The number of carbonyl (C=O) groups excluding carboxylic acids is 2. The number of halogens is 2. The number of amides is 2. The van der Waals surface area contributed by atoms with E-state index in [0.29, 0.717) is 10.6 Å². The van der Waals surface area contributed by atoms with Crippen molar-refractivity contribution in [2.45, 2.75) is 0 Å². The topological polar surface area (TPSA) is 67.2 Å². The summed E-state index contributed by atoms with van der Waals surface area (Å²) in [6, 6.07) is 24.1. The van der Waals surface area contributed by atoms with Crippen molar-refractivity contribution in [1.82, 2.24) is 20.2 Å². The lowest BCUT2D eigenvalue weighted by molar-refractivity contribution is -0.123. The van der Waals surface area contributed by atoms with E-state index in [1.807, 2.05) is 60.8 Å². The molecule has 10 heteroatoms. The SMILES string of the molecule is O=C(NN1C(=O)C(=Cc2cn(-c3ccccc3)nc2-c2ccc(Br)cc2)SC1=S)c1ccccc1Cl. The molecule has 0 aliphatic carbocycles. The fourth-order valence-corrected chi connectivity index (χ4v) is 5.21. The van der Waals surface area contributed by atoms with Crippen molar-refractivity contribution in [3.05, 3.63) is 111 Å². The van der Waals surface area contributed by atoms with Gasteiger partial charge in [-0.25, -0.2) is 4.68 Å². The fraction of sp³-hybridized carbons (Fsp3) is 0. The van der Waals surface area contributed by atoms with E-state index >= 15 is 0 Å². The summed E-state index contributed by atoms with van der Waals surface area (Å²) < 4.78 is 2.93. The lowest BCUT2D eigenvalue weighted by Gasteiger charge is -2.16. The van der Waals surface area contributed by atoms with Gasteiger partial charge in [-0.3, -0.25) is 15.0 Å². The number of nitrogens with one attached hydrogen (secondary N) is 1. The van der Waals surface area contributed by atoms with Crippen LogP contribution in [0.2, 0.25) is 5.02 Å². The van der Waals surface area contributed by atoms with E-state index in [0.717, 1.165) is 38.1 Å². The molecule has 3 aromatic carbocycles. The highest BCUT2D eigenvalue weighted by Gasteiger charge is 2.34. The number of thioether (sulfide) groups is 1. The first-order valence-electron chi connectivity index (χ1n) is 10.7. The second-order valence-corrected chi connectivity index (χ2v) is 10.7. The van der Waals surface area contributed by atoms with E-state index in [9.17, 15) is 9.59 Å². The highest BCUT2D eigenvalue weighted by molar-refractivity contribution is 9.10. The Kier molecular flexibility index (Phi) is 7.06. The van der Waals surface area contributed by atoms with Crippen LogP contribution in [-0.4, -0.2) is 30.9 Å². The van der Waals surface area contributed by atoms with E-state index in [4.69, 9.17) is 28.9 Å². The van der Waals surface area contributed by atoms with Gasteiger partial charge in [0.15, 0.2) is 4.32 Å². The molecule has 0 spiro atoms. The number of para-hydroxylation sites is 1.